The minimum atomic E-state index is -0.590. The van der Waals surface area contributed by atoms with Crippen LogP contribution in [0.1, 0.15) is 13.8 Å². The lowest BCUT2D eigenvalue weighted by atomic mass is 10.3. The van der Waals surface area contributed by atoms with Crippen LogP contribution < -0.4 is 10.6 Å². The van der Waals surface area contributed by atoms with Crippen molar-refractivity contribution in [2.24, 2.45) is 0 Å². The van der Waals surface area contributed by atoms with Crippen LogP contribution in [0.3, 0.4) is 0 Å². The number of benzene rings is 1. The van der Waals surface area contributed by atoms with E-state index in [-0.39, 0.29) is 11.8 Å². The zero-order valence-electron chi connectivity index (χ0n) is 11.3. The lowest BCUT2D eigenvalue weighted by Crippen LogP contribution is -2.40. The number of carbonyl (C=O) groups excluding carboxylic acids is 2. The van der Waals surface area contributed by atoms with E-state index in [2.05, 4.69) is 15.7 Å². The van der Waals surface area contributed by atoms with Crippen LogP contribution in [-0.4, -0.2) is 27.6 Å². The van der Waals surface area contributed by atoms with E-state index in [1.54, 1.807) is 24.0 Å². The van der Waals surface area contributed by atoms with Crippen LogP contribution in [0.2, 0.25) is 0 Å². The number of aromatic nitrogens is 2. The Morgan fingerprint density at radius 2 is 1.95 bits per heavy atom. The van der Waals surface area contributed by atoms with Crippen LogP contribution >= 0.6 is 0 Å². The second-order valence-corrected chi connectivity index (χ2v) is 4.42. The van der Waals surface area contributed by atoms with Gasteiger partial charge in [-0.1, -0.05) is 18.2 Å². The fourth-order valence-corrected chi connectivity index (χ4v) is 1.73. The Morgan fingerprint density at radius 3 is 2.60 bits per heavy atom. The molecule has 0 fully saturated rings. The molecule has 1 atom stereocenters. The first-order chi connectivity index (χ1) is 9.56. The molecule has 0 saturated heterocycles. The molecule has 1 heterocycles. The standard InChI is InChI=1S/C14H16N4O2/c1-10(16-11(2)19)14(20)17-12-8-15-18(9-12)13-6-4-3-5-7-13/h3-10H,1-2H3,(H,16,19)(H,17,20). The SMILES string of the molecule is CC(=O)NC(C)C(=O)Nc1cnn(-c2ccccc2)c1. The first-order valence-corrected chi connectivity index (χ1v) is 6.24. The van der Waals surface area contributed by atoms with Crippen LogP contribution in [0.4, 0.5) is 5.69 Å². The van der Waals surface area contributed by atoms with Crippen LogP contribution in [0.25, 0.3) is 5.69 Å². The summed E-state index contributed by atoms with van der Waals surface area (Å²) in [5.41, 5.74) is 1.49. The number of para-hydroxylation sites is 1. The van der Waals surface area contributed by atoms with E-state index < -0.39 is 6.04 Å². The van der Waals surface area contributed by atoms with Gasteiger partial charge in [-0.3, -0.25) is 9.59 Å². The van der Waals surface area contributed by atoms with E-state index in [0.717, 1.165) is 5.69 Å². The lowest BCUT2D eigenvalue weighted by Gasteiger charge is -2.11. The van der Waals surface area contributed by atoms with Crippen molar-refractivity contribution in [3.63, 3.8) is 0 Å². The number of carbonyl (C=O) groups is 2. The number of rotatable bonds is 4. The normalized spacial score (nSPS) is 11.7. The fraction of sp³-hybridized carbons (Fsp3) is 0.214. The average Bonchev–Trinajstić information content (AvgIpc) is 2.87. The molecule has 2 amide bonds. The van der Waals surface area contributed by atoms with E-state index in [0.29, 0.717) is 5.69 Å². The smallest absolute Gasteiger partial charge is 0.246 e. The van der Waals surface area contributed by atoms with Gasteiger partial charge in [0.05, 0.1) is 23.8 Å². The third kappa shape index (κ3) is 3.44. The maximum absolute atomic E-state index is 11.8. The Labute approximate surface area is 116 Å². The van der Waals surface area contributed by atoms with E-state index >= 15 is 0 Å². The summed E-state index contributed by atoms with van der Waals surface area (Å²) >= 11 is 0. The topological polar surface area (TPSA) is 76.0 Å². The predicted molar refractivity (Wildman–Crippen MR) is 75.5 cm³/mol. The Hall–Kier alpha value is -2.63. The Balaban J connectivity index is 2.03. The predicted octanol–water partition coefficient (Wildman–Crippen LogP) is 1.34. The summed E-state index contributed by atoms with van der Waals surface area (Å²) in [4.78, 5) is 22.7. The van der Waals surface area contributed by atoms with Crippen molar-refractivity contribution >= 4 is 17.5 Å². The molecule has 2 aromatic rings. The van der Waals surface area contributed by atoms with Gasteiger partial charge in [-0.2, -0.15) is 5.10 Å². The molecular weight excluding hydrogens is 256 g/mol. The maximum atomic E-state index is 11.8. The van der Waals surface area contributed by atoms with Gasteiger partial charge in [0, 0.05) is 6.92 Å². The second-order valence-electron chi connectivity index (χ2n) is 4.42. The van der Waals surface area contributed by atoms with Gasteiger partial charge in [0.1, 0.15) is 6.04 Å². The molecule has 2 N–H and O–H groups in total. The van der Waals surface area contributed by atoms with Crippen LogP contribution in [0, 0.1) is 0 Å². The van der Waals surface area contributed by atoms with Gasteiger partial charge in [-0.15, -0.1) is 0 Å². The van der Waals surface area contributed by atoms with Gasteiger partial charge < -0.3 is 10.6 Å². The van der Waals surface area contributed by atoms with E-state index in [9.17, 15) is 9.59 Å². The molecule has 2 rings (SSSR count). The number of amides is 2. The van der Waals surface area contributed by atoms with Gasteiger partial charge >= 0.3 is 0 Å². The van der Waals surface area contributed by atoms with Crippen molar-refractivity contribution in [2.75, 3.05) is 5.32 Å². The average molecular weight is 272 g/mol. The molecule has 0 aliphatic rings. The molecule has 1 aromatic heterocycles. The highest BCUT2D eigenvalue weighted by Gasteiger charge is 2.14. The highest BCUT2D eigenvalue weighted by Crippen LogP contribution is 2.11. The molecule has 1 unspecified atom stereocenters. The van der Waals surface area contributed by atoms with Crippen molar-refractivity contribution in [1.29, 1.82) is 0 Å². The van der Waals surface area contributed by atoms with E-state index in [1.807, 2.05) is 30.3 Å². The first kappa shape index (κ1) is 13.8. The summed E-state index contributed by atoms with van der Waals surface area (Å²) in [5, 5.41) is 9.40. The summed E-state index contributed by atoms with van der Waals surface area (Å²) in [6, 6.07) is 8.98. The largest absolute Gasteiger partial charge is 0.345 e. The van der Waals surface area contributed by atoms with Crippen LogP contribution in [0.15, 0.2) is 42.7 Å². The number of hydrogen-bond acceptors (Lipinski definition) is 3. The molecule has 0 radical (unpaired) electrons. The number of anilines is 1. The fourth-order valence-electron chi connectivity index (χ4n) is 1.73. The maximum Gasteiger partial charge on any atom is 0.246 e. The van der Waals surface area contributed by atoms with Gasteiger partial charge in [0.2, 0.25) is 11.8 Å². The lowest BCUT2D eigenvalue weighted by molar-refractivity contribution is -0.124. The Morgan fingerprint density at radius 1 is 1.25 bits per heavy atom. The summed E-state index contributed by atoms with van der Waals surface area (Å²) < 4.78 is 1.67. The van der Waals surface area contributed by atoms with Crippen LogP contribution in [-0.2, 0) is 9.59 Å². The summed E-state index contributed by atoms with van der Waals surface area (Å²) in [6.07, 6.45) is 3.28. The van der Waals surface area contributed by atoms with Crippen molar-refractivity contribution in [3.8, 4) is 5.69 Å². The minimum Gasteiger partial charge on any atom is -0.345 e. The molecule has 104 valence electrons. The second kappa shape index (κ2) is 6.01. The zero-order chi connectivity index (χ0) is 14.5. The molecule has 0 aliphatic carbocycles. The molecule has 20 heavy (non-hydrogen) atoms. The molecule has 6 heteroatoms. The minimum absolute atomic E-state index is 0.243. The highest BCUT2D eigenvalue weighted by molar-refractivity contribution is 5.96. The number of nitrogens with one attached hydrogen (secondary N) is 2. The number of nitrogens with zero attached hydrogens (tertiary/aromatic N) is 2. The highest BCUT2D eigenvalue weighted by atomic mass is 16.2. The first-order valence-electron chi connectivity index (χ1n) is 6.24. The van der Waals surface area contributed by atoms with Crippen molar-refractivity contribution in [2.45, 2.75) is 19.9 Å². The van der Waals surface area contributed by atoms with Crippen molar-refractivity contribution in [3.05, 3.63) is 42.7 Å². The molecule has 0 saturated carbocycles. The molecule has 0 aliphatic heterocycles. The molecule has 0 spiro atoms. The molecule has 6 nitrogen and oxygen atoms in total. The zero-order valence-corrected chi connectivity index (χ0v) is 11.3. The summed E-state index contributed by atoms with van der Waals surface area (Å²) in [7, 11) is 0. The third-order valence-electron chi connectivity index (χ3n) is 2.68. The molecular formula is C14H16N4O2. The van der Waals surface area contributed by atoms with E-state index in [4.69, 9.17) is 0 Å². The monoisotopic (exact) mass is 272 g/mol. The summed E-state index contributed by atoms with van der Waals surface area (Å²) in [6.45, 7) is 3.00. The van der Waals surface area contributed by atoms with Gasteiger partial charge in [0.15, 0.2) is 0 Å². The quantitative estimate of drug-likeness (QED) is 0.881. The Kier molecular flexibility index (Phi) is 4.14. The van der Waals surface area contributed by atoms with Crippen molar-refractivity contribution in [1.82, 2.24) is 15.1 Å². The van der Waals surface area contributed by atoms with Gasteiger partial charge in [-0.25, -0.2) is 4.68 Å². The molecule has 1 aromatic carbocycles. The third-order valence-corrected chi connectivity index (χ3v) is 2.68. The van der Waals surface area contributed by atoms with Crippen LogP contribution in [0.5, 0.6) is 0 Å². The Bertz CT molecular complexity index is 607. The number of hydrogen-bond donors (Lipinski definition) is 2. The summed E-state index contributed by atoms with van der Waals surface area (Å²) in [5.74, 6) is -0.527. The van der Waals surface area contributed by atoms with Gasteiger partial charge in [0.25, 0.3) is 0 Å². The van der Waals surface area contributed by atoms with E-state index in [1.165, 1.54) is 6.92 Å². The van der Waals surface area contributed by atoms with Gasteiger partial charge in [-0.05, 0) is 19.1 Å². The van der Waals surface area contributed by atoms with Crippen molar-refractivity contribution < 1.29 is 9.59 Å². The molecule has 0 bridgehead atoms.